The van der Waals surface area contributed by atoms with Crippen LogP contribution in [0.5, 0.6) is 0 Å². The van der Waals surface area contributed by atoms with Crippen LogP contribution in [0.4, 0.5) is 0 Å². The standard InChI is InChI=1S/C12H24N2/c1-5-8-14(10-6-7-10)9-11(13)12(2,3)4/h5,10-11H,1,6-9,13H2,2-4H3. The minimum Gasteiger partial charge on any atom is -0.326 e. The number of nitrogens with two attached hydrogens (primary N) is 1. The van der Waals surface area contributed by atoms with Gasteiger partial charge in [-0.05, 0) is 18.3 Å². The smallest absolute Gasteiger partial charge is 0.0217 e. The minimum atomic E-state index is 0.203. The van der Waals surface area contributed by atoms with Gasteiger partial charge < -0.3 is 5.73 Å². The summed E-state index contributed by atoms with van der Waals surface area (Å²) < 4.78 is 0. The maximum absolute atomic E-state index is 6.17. The first-order valence-corrected chi connectivity index (χ1v) is 5.55. The Kier molecular flexibility index (Phi) is 3.73. The Morgan fingerprint density at radius 1 is 1.50 bits per heavy atom. The number of nitrogens with zero attached hydrogens (tertiary/aromatic N) is 1. The van der Waals surface area contributed by atoms with Crippen LogP contribution in [0.3, 0.4) is 0 Å². The summed E-state index contributed by atoms with van der Waals surface area (Å²) in [6.45, 7) is 12.4. The van der Waals surface area contributed by atoms with Gasteiger partial charge in [-0.1, -0.05) is 26.8 Å². The zero-order valence-corrected chi connectivity index (χ0v) is 9.79. The average molecular weight is 196 g/mol. The molecule has 1 rings (SSSR count). The molecule has 0 heterocycles. The van der Waals surface area contributed by atoms with Gasteiger partial charge in [0.1, 0.15) is 0 Å². The average Bonchev–Trinajstić information content (AvgIpc) is 2.83. The van der Waals surface area contributed by atoms with Gasteiger partial charge in [-0.3, -0.25) is 4.90 Å². The van der Waals surface area contributed by atoms with Crippen LogP contribution in [-0.2, 0) is 0 Å². The van der Waals surface area contributed by atoms with E-state index in [0.717, 1.165) is 19.1 Å². The van der Waals surface area contributed by atoms with Gasteiger partial charge in [0.25, 0.3) is 0 Å². The Bertz CT molecular complexity index is 189. The Morgan fingerprint density at radius 2 is 2.07 bits per heavy atom. The SMILES string of the molecule is C=CCN(CC(N)C(C)(C)C)C1CC1. The molecule has 0 radical (unpaired) electrons. The second-order valence-electron chi connectivity index (χ2n) is 5.45. The second kappa shape index (κ2) is 4.45. The predicted octanol–water partition coefficient (Wildman–Crippen LogP) is 2.01. The lowest BCUT2D eigenvalue weighted by Gasteiger charge is -2.32. The molecule has 0 aromatic rings. The van der Waals surface area contributed by atoms with Crippen LogP contribution >= 0.6 is 0 Å². The molecule has 0 spiro atoms. The summed E-state index contributed by atoms with van der Waals surface area (Å²) >= 11 is 0. The van der Waals surface area contributed by atoms with Gasteiger partial charge in [0.05, 0.1) is 0 Å². The largest absolute Gasteiger partial charge is 0.326 e. The van der Waals surface area contributed by atoms with E-state index in [2.05, 4.69) is 32.3 Å². The van der Waals surface area contributed by atoms with Crippen LogP contribution in [0.2, 0.25) is 0 Å². The van der Waals surface area contributed by atoms with Crippen molar-refractivity contribution in [1.29, 1.82) is 0 Å². The van der Waals surface area contributed by atoms with E-state index < -0.39 is 0 Å². The van der Waals surface area contributed by atoms with Gasteiger partial charge in [-0.15, -0.1) is 6.58 Å². The molecule has 0 saturated heterocycles. The van der Waals surface area contributed by atoms with Crippen molar-refractivity contribution >= 4 is 0 Å². The fourth-order valence-corrected chi connectivity index (χ4v) is 1.50. The molecule has 0 amide bonds. The zero-order chi connectivity index (χ0) is 10.8. The van der Waals surface area contributed by atoms with Gasteiger partial charge >= 0.3 is 0 Å². The fourth-order valence-electron chi connectivity index (χ4n) is 1.50. The van der Waals surface area contributed by atoms with Crippen molar-refractivity contribution in [3.05, 3.63) is 12.7 Å². The molecule has 1 aliphatic carbocycles. The fraction of sp³-hybridized carbons (Fsp3) is 0.833. The highest BCUT2D eigenvalue weighted by molar-refractivity contribution is 4.91. The van der Waals surface area contributed by atoms with E-state index in [1.165, 1.54) is 12.8 Å². The first-order valence-electron chi connectivity index (χ1n) is 5.55. The molecule has 0 bridgehead atoms. The molecule has 2 heteroatoms. The summed E-state index contributed by atoms with van der Waals surface area (Å²) in [4.78, 5) is 2.46. The highest BCUT2D eigenvalue weighted by Crippen LogP contribution is 2.28. The summed E-state index contributed by atoms with van der Waals surface area (Å²) in [5.41, 5.74) is 6.37. The monoisotopic (exact) mass is 196 g/mol. The number of hydrogen-bond acceptors (Lipinski definition) is 2. The highest BCUT2D eigenvalue weighted by Gasteiger charge is 2.31. The molecule has 82 valence electrons. The van der Waals surface area contributed by atoms with Crippen molar-refractivity contribution in [1.82, 2.24) is 4.90 Å². The maximum atomic E-state index is 6.17. The van der Waals surface area contributed by atoms with Gasteiger partial charge in [0.15, 0.2) is 0 Å². The van der Waals surface area contributed by atoms with E-state index in [1.807, 2.05) is 6.08 Å². The van der Waals surface area contributed by atoms with Gasteiger partial charge in [-0.25, -0.2) is 0 Å². The first-order chi connectivity index (χ1) is 6.45. The Morgan fingerprint density at radius 3 is 2.43 bits per heavy atom. The minimum absolute atomic E-state index is 0.203. The molecule has 2 nitrogen and oxygen atoms in total. The maximum Gasteiger partial charge on any atom is 0.0217 e. The lowest BCUT2D eigenvalue weighted by atomic mass is 9.87. The van der Waals surface area contributed by atoms with E-state index in [-0.39, 0.29) is 11.5 Å². The highest BCUT2D eigenvalue weighted by atomic mass is 15.2. The van der Waals surface area contributed by atoms with Crippen molar-refractivity contribution in [3.63, 3.8) is 0 Å². The van der Waals surface area contributed by atoms with E-state index in [4.69, 9.17) is 5.73 Å². The molecule has 0 aromatic carbocycles. The molecule has 2 N–H and O–H groups in total. The summed E-state index contributed by atoms with van der Waals surface area (Å²) in [6.07, 6.45) is 4.66. The van der Waals surface area contributed by atoms with Crippen molar-refractivity contribution in [2.75, 3.05) is 13.1 Å². The summed E-state index contributed by atoms with van der Waals surface area (Å²) in [5.74, 6) is 0. The van der Waals surface area contributed by atoms with Crippen LogP contribution in [0.15, 0.2) is 12.7 Å². The quantitative estimate of drug-likeness (QED) is 0.682. The number of hydrogen-bond donors (Lipinski definition) is 1. The molecule has 0 aliphatic heterocycles. The second-order valence-corrected chi connectivity index (χ2v) is 5.45. The molecular formula is C12H24N2. The van der Waals surface area contributed by atoms with Gasteiger partial charge in [0, 0.05) is 25.2 Å². The molecule has 0 aromatic heterocycles. The predicted molar refractivity (Wildman–Crippen MR) is 62.2 cm³/mol. The van der Waals surface area contributed by atoms with Crippen LogP contribution in [0.1, 0.15) is 33.6 Å². The van der Waals surface area contributed by atoms with Crippen molar-refractivity contribution in [2.24, 2.45) is 11.1 Å². The third kappa shape index (κ3) is 3.43. The van der Waals surface area contributed by atoms with Crippen molar-refractivity contribution in [2.45, 2.75) is 45.7 Å². The first kappa shape index (κ1) is 11.7. The van der Waals surface area contributed by atoms with Crippen LogP contribution in [0.25, 0.3) is 0 Å². The summed E-state index contributed by atoms with van der Waals surface area (Å²) in [7, 11) is 0. The summed E-state index contributed by atoms with van der Waals surface area (Å²) in [6, 6.07) is 1.03. The number of rotatable bonds is 5. The van der Waals surface area contributed by atoms with E-state index in [9.17, 15) is 0 Å². The molecule has 1 saturated carbocycles. The normalized spacial score (nSPS) is 19.8. The van der Waals surface area contributed by atoms with Crippen LogP contribution < -0.4 is 5.73 Å². The third-order valence-corrected chi connectivity index (χ3v) is 2.97. The van der Waals surface area contributed by atoms with E-state index >= 15 is 0 Å². The Balaban J connectivity index is 2.42. The third-order valence-electron chi connectivity index (χ3n) is 2.97. The van der Waals surface area contributed by atoms with Crippen molar-refractivity contribution in [3.8, 4) is 0 Å². The lowest BCUT2D eigenvalue weighted by Crippen LogP contribution is -2.46. The Hall–Kier alpha value is -0.340. The van der Waals surface area contributed by atoms with Gasteiger partial charge in [0.2, 0.25) is 0 Å². The van der Waals surface area contributed by atoms with Gasteiger partial charge in [-0.2, -0.15) is 0 Å². The van der Waals surface area contributed by atoms with E-state index in [1.54, 1.807) is 0 Å². The molecule has 1 atom stereocenters. The molecular weight excluding hydrogens is 172 g/mol. The molecule has 1 unspecified atom stereocenters. The zero-order valence-electron chi connectivity index (χ0n) is 9.79. The van der Waals surface area contributed by atoms with Crippen molar-refractivity contribution < 1.29 is 0 Å². The van der Waals surface area contributed by atoms with Crippen LogP contribution in [0, 0.1) is 5.41 Å². The molecule has 1 aliphatic rings. The van der Waals surface area contributed by atoms with E-state index in [0.29, 0.717) is 0 Å². The van der Waals surface area contributed by atoms with Crippen LogP contribution in [-0.4, -0.2) is 30.1 Å². The lowest BCUT2D eigenvalue weighted by molar-refractivity contribution is 0.206. The summed E-state index contributed by atoms with van der Waals surface area (Å²) in [5, 5.41) is 0. The topological polar surface area (TPSA) is 29.3 Å². The molecule has 14 heavy (non-hydrogen) atoms. The Labute approximate surface area is 88.2 Å². The molecule has 1 fully saturated rings.